The van der Waals surface area contributed by atoms with E-state index in [9.17, 15) is 0 Å². The third-order valence-corrected chi connectivity index (χ3v) is 4.14. The van der Waals surface area contributed by atoms with Gasteiger partial charge >= 0.3 is 0 Å². The molecule has 2 N–H and O–H groups in total. The van der Waals surface area contributed by atoms with E-state index < -0.39 is 5.54 Å². The van der Waals surface area contributed by atoms with Crippen LogP contribution in [0, 0.1) is 5.92 Å². The average Bonchev–Trinajstić information content (AvgIpc) is 3.00. The maximum atomic E-state index is 6.43. The van der Waals surface area contributed by atoms with E-state index in [1.54, 1.807) is 5.51 Å². The minimum absolute atomic E-state index is 0.435. The molecule has 2 aromatic heterocycles. The third kappa shape index (κ3) is 2.06. The molecular weight excluding hydrogens is 248 g/mol. The first-order chi connectivity index (χ1) is 8.67. The average molecular weight is 264 g/mol. The molecule has 1 fully saturated rings. The Morgan fingerprint density at radius 1 is 1.56 bits per heavy atom. The molecular formula is C12H16N4OS. The van der Waals surface area contributed by atoms with Crippen molar-refractivity contribution < 1.29 is 4.52 Å². The lowest BCUT2D eigenvalue weighted by molar-refractivity contribution is 0.222. The Labute approximate surface area is 109 Å². The second kappa shape index (κ2) is 4.44. The third-order valence-electron chi connectivity index (χ3n) is 3.56. The largest absolute Gasteiger partial charge is 0.332 e. The standard InChI is InChI=1S/C12H16N4OS/c1-8-3-2-4-12(13,5-8)11-15-10(17-16-11)9-6-18-7-14-9/h6-8H,2-5,13H2,1H3. The highest BCUT2D eigenvalue weighted by Crippen LogP contribution is 2.36. The van der Waals surface area contributed by atoms with Gasteiger partial charge in [-0.1, -0.05) is 24.9 Å². The molecule has 6 heteroatoms. The Hall–Kier alpha value is -1.27. The van der Waals surface area contributed by atoms with Crippen molar-refractivity contribution in [3.05, 3.63) is 16.7 Å². The summed E-state index contributed by atoms with van der Waals surface area (Å²) in [4.78, 5) is 8.59. The topological polar surface area (TPSA) is 77.8 Å². The number of hydrogen-bond acceptors (Lipinski definition) is 6. The second-order valence-electron chi connectivity index (χ2n) is 5.15. The first kappa shape index (κ1) is 11.8. The van der Waals surface area contributed by atoms with Crippen LogP contribution in [-0.2, 0) is 5.54 Å². The zero-order valence-electron chi connectivity index (χ0n) is 10.3. The molecule has 1 aliphatic rings. The first-order valence-corrected chi connectivity index (χ1v) is 7.13. The van der Waals surface area contributed by atoms with Crippen molar-refractivity contribution in [3.8, 4) is 11.6 Å². The molecule has 96 valence electrons. The van der Waals surface area contributed by atoms with Crippen molar-refractivity contribution in [1.82, 2.24) is 15.1 Å². The van der Waals surface area contributed by atoms with Crippen LogP contribution in [0.3, 0.4) is 0 Å². The van der Waals surface area contributed by atoms with Crippen LogP contribution in [0.1, 0.15) is 38.4 Å². The Kier molecular flexibility index (Phi) is 2.91. The Balaban J connectivity index is 1.88. The zero-order valence-corrected chi connectivity index (χ0v) is 11.1. The smallest absolute Gasteiger partial charge is 0.277 e. The minimum Gasteiger partial charge on any atom is -0.332 e. The number of hydrogen-bond donors (Lipinski definition) is 1. The van der Waals surface area contributed by atoms with E-state index in [4.69, 9.17) is 10.3 Å². The van der Waals surface area contributed by atoms with E-state index in [0.717, 1.165) is 25.0 Å². The van der Waals surface area contributed by atoms with Gasteiger partial charge in [0.2, 0.25) is 0 Å². The first-order valence-electron chi connectivity index (χ1n) is 6.19. The Bertz CT molecular complexity index is 524. The van der Waals surface area contributed by atoms with E-state index in [2.05, 4.69) is 22.0 Å². The van der Waals surface area contributed by atoms with Gasteiger partial charge in [-0.3, -0.25) is 0 Å². The molecule has 1 saturated carbocycles. The van der Waals surface area contributed by atoms with Crippen LogP contribution in [-0.4, -0.2) is 15.1 Å². The van der Waals surface area contributed by atoms with E-state index in [-0.39, 0.29) is 0 Å². The van der Waals surface area contributed by atoms with Crippen LogP contribution in [0.4, 0.5) is 0 Å². The molecule has 18 heavy (non-hydrogen) atoms. The van der Waals surface area contributed by atoms with Crippen molar-refractivity contribution in [2.45, 2.75) is 38.1 Å². The molecule has 2 atom stereocenters. The fraction of sp³-hybridized carbons (Fsp3) is 0.583. The molecule has 0 amide bonds. The quantitative estimate of drug-likeness (QED) is 0.901. The van der Waals surface area contributed by atoms with Gasteiger partial charge in [-0.25, -0.2) is 4.98 Å². The summed E-state index contributed by atoms with van der Waals surface area (Å²) in [6.45, 7) is 2.22. The Morgan fingerprint density at radius 2 is 2.44 bits per heavy atom. The van der Waals surface area contributed by atoms with Gasteiger partial charge in [0.15, 0.2) is 5.82 Å². The van der Waals surface area contributed by atoms with Crippen molar-refractivity contribution in [3.63, 3.8) is 0 Å². The molecule has 0 radical (unpaired) electrons. The van der Waals surface area contributed by atoms with Gasteiger partial charge in [-0.15, -0.1) is 11.3 Å². The van der Waals surface area contributed by atoms with Crippen LogP contribution < -0.4 is 5.73 Å². The number of nitrogens with zero attached hydrogens (tertiary/aromatic N) is 3. The van der Waals surface area contributed by atoms with Crippen LogP contribution in [0.15, 0.2) is 15.4 Å². The summed E-state index contributed by atoms with van der Waals surface area (Å²) >= 11 is 1.51. The predicted octanol–water partition coefficient (Wildman–Crippen LogP) is 2.56. The molecule has 0 spiro atoms. The highest BCUT2D eigenvalue weighted by Gasteiger charge is 2.37. The second-order valence-corrected chi connectivity index (χ2v) is 5.87. The minimum atomic E-state index is -0.435. The van der Waals surface area contributed by atoms with Gasteiger partial charge in [0.1, 0.15) is 5.69 Å². The maximum Gasteiger partial charge on any atom is 0.277 e. The highest BCUT2D eigenvalue weighted by atomic mass is 32.1. The molecule has 1 aliphatic carbocycles. The van der Waals surface area contributed by atoms with E-state index in [0.29, 0.717) is 17.6 Å². The molecule has 0 aliphatic heterocycles. The Morgan fingerprint density at radius 3 is 3.17 bits per heavy atom. The monoisotopic (exact) mass is 264 g/mol. The van der Waals surface area contributed by atoms with Crippen LogP contribution >= 0.6 is 11.3 Å². The molecule has 0 bridgehead atoms. The fourth-order valence-corrected chi connectivity index (χ4v) is 3.17. The summed E-state index contributed by atoms with van der Waals surface area (Å²) in [6.07, 6.45) is 4.20. The van der Waals surface area contributed by atoms with Crippen LogP contribution in [0.25, 0.3) is 11.6 Å². The number of nitrogens with two attached hydrogens (primary N) is 1. The lowest BCUT2D eigenvalue weighted by atomic mass is 9.76. The molecule has 0 saturated heterocycles. The lowest BCUT2D eigenvalue weighted by Gasteiger charge is -2.33. The van der Waals surface area contributed by atoms with Gasteiger partial charge in [0, 0.05) is 5.38 Å². The maximum absolute atomic E-state index is 6.43. The fourth-order valence-electron chi connectivity index (χ4n) is 2.64. The van der Waals surface area contributed by atoms with Crippen LogP contribution in [0.2, 0.25) is 0 Å². The SMILES string of the molecule is CC1CCCC(N)(c2noc(-c3cscn3)n2)C1. The molecule has 5 nitrogen and oxygen atoms in total. The van der Waals surface area contributed by atoms with E-state index in [1.165, 1.54) is 17.8 Å². The van der Waals surface area contributed by atoms with Crippen molar-refractivity contribution in [2.75, 3.05) is 0 Å². The molecule has 2 unspecified atom stereocenters. The van der Waals surface area contributed by atoms with Crippen molar-refractivity contribution >= 4 is 11.3 Å². The van der Waals surface area contributed by atoms with Crippen molar-refractivity contribution in [1.29, 1.82) is 0 Å². The summed E-state index contributed by atoms with van der Waals surface area (Å²) in [5, 5.41) is 5.95. The number of thiazole rings is 1. The van der Waals surface area contributed by atoms with Crippen LogP contribution in [0.5, 0.6) is 0 Å². The summed E-state index contributed by atoms with van der Waals surface area (Å²) in [6, 6.07) is 0. The summed E-state index contributed by atoms with van der Waals surface area (Å²) < 4.78 is 5.27. The van der Waals surface area contributed by atoms with Crippen molar-refractivity contribution in [2.24, 2.45) is 11.7 Å². The molecule has 0 aromatic carbocycles. The number of aromatic nitrogens is 3. The van der Waals surface area contributed by atoms with E-state index >= 15 is 0 Å². The van der Waals surface area contributed by atoms with Gasteiger partial charge < -0.3 is 10.3 Å². The van der Waals surface area contributed by atoms with Gasteiger partial charge in [-0.2, -0.15) is 4.98 Å². The predicted molar refractivity (Wildman–Crippen MR) is 68.9 cm³/mol. The lowest BCUT2D eigenvalue weighted by Crippen LogP contribution is -2.42. The summed E-state index contributed by atoms with van der Waals surface area (Å²) in [5.74, 6) is 1.70. The van der Waals surface area contributed by atoms with Gasteiger partial charge in [-0.05, 0) is 18.8 Å². The number of rotatable bonds is 2. The summed E-state index contributed by atoms with van der Waals surface area (Å²) in [7, 11) is 0. The van der Waals surface area contributed by atoms with E-state index in [1.807, 2.05) is 5.38 Å². The van der Waals surface area contributed by atoms with Gasteiger partial charge in [0.05, 0.1) is 11.0 Å². The molecule has 2 aromatic rings. The normalized spacial score (nSPS) is 28.4. The zero-order chi connectivity index (χ0) is 12.6. The molecule has 2 heterocycles. The van der Waals surface area contributed by atoms with Gasteiger partial charge in [0.25, 0.3) is 5.89 Å². The summed E-state index contributed by atoms with van der Waals surface area (Å²) in [5.41, 5.74) is 8.48. The highest BCUT2D eigenvalue weighted by molar-refractivity contribution is 7.07. The molecule has 3 rings (SSSR count).